The second kappa shape index (κ2) is 12.9. The first-order valence-corrected chi connectivity index (χ1v) is 16.6. The third kappa shape index (κ3) is 6.34. The van der Waals surface area contributed by atoms with Gasteiger partial charge in [0.15, 0.2) is 5.11 Å². The molecule has 5 aliphatic rings. The van der Waals surface area contributed by atoms with E-state index in [-0.39, 0.29) is 24.8 Å². The van der Waals surface area contributed by atoms with Crippen molar-refractivity contribution in [1.82, 2.24) is 4.90 Å². The molecule has 1 aliphatic heterocycles. The van der Waals surface area contributed by atoms with Crippen LogP contribution in [0.5, 0.6) is 5.75 Å². The lowest BCUT2D eigenvalue weighted by atomic mass is 9.49. The summed E-state index contributed by atoms with van der Waals surface area (Å²) in [6.07, 6.45) is 9.85. The third-order valence-electron chi connectivity index (χ3n) is 9.99. The van der Waals surface area contributed by atoms with E-state index < -0.39 is 12.0 Å². The Morgan fingerprint density at radius 1 is 0.955 bits per heavy atom. The van der Waals surface area contributed by atoms with Gasteiger partial charge in [-0.1, -0.05) is 6.92 Å². The van der Waals surface area contributed by atoms with E-state index in [1.54, 1.807) is 31.2 Å². The fourth-order valence-electron chi connectivity index (χ4n) is 8.48. The van der Waals surface area contributed by atoms with Crippen LogP contribution in [0.1, 0.15) is 82.0 Å². The molecule has 8 nitrogen and oxygen atoms in total. The molecule has 2 aromatic carbocycles. The maximum atomic E-state index is 14.0. The SMILES string of the molecule is CCCOc1ccc(NC(=O)C[C@@H]2C(=O)N(c3ccc(C(=O)OCC)cc3)C(=S)N2CCC23CC4CC(CC(C4)C2)C3)cc1. The molecule has 44 heavy (non-hydrogen) atoms. The largest absolute Gasteiger partial charge is 0.494 e. The van der Waals surface area contributed by atoms with Crippen molar-refractivity contribution in [2.75, 3.05) is 30.0 Å². The minimum Gasteiger partial charge on any atom is -0.494 e. The topological polar surface area (TPSA) is 88.2 Å². The van der Waals surface area contributed by atoms with Crippen molar-refractivity contribution in [3.8, 4) is 5.75 Å². The van der Waals surface area contributed by atoms with Crippen LogP contribution in [0.4, 0.5) is 11.4 Å². The molecule has 0 spiro atoms. The number of hydrogen-bond acceptors (Lipinski definition) is 6. The summed E-state index contributed by atoms with van der Waals surface area (Å²) in [6, 6.07) is 13.3. The van der Waals surface area contributed by atoms with Gasteiger partial charge < -0.3 is 19.7 Å². The van der Waals surface area contributed by atoms with Gasteiger partial charge in [-0.25, -0.2) is 4.79 Å². The van der Waals surface area contributed by atoms with Crippen molar-refractivity contribution >= 4 is 46.5 Å². The number of benzene rings is 2. The average molecular weight is 618 g/mol. The first-order valence-electron chi connectivity index (χ1n) is 16.2. The summed E-state index contributed by atoms with van der Waals surface area (Å²) in [6.45, 7) is 5.39. The molecule has 1 atom stereocenters. The zero-order valence-electron chi connectivity index (χ0n) is 25.8. The Labute approximate surface area is 265 Å². The summed E-state index contributed by atoms with van der Waals surface area (Å²) in [5.74, 6) is 2.39. The number of nitrogens with one attached hydrogen (secondary N) is 1. The van der Waals surface area contributed by atoms with E-state index in [0.717, 1.165) is 36.3 Å². The summed E-state index contributed by atoms with van der Waals surface area (Å²) >= 11 is 5.96. The molecule has 4 aliphatic carbocycles. The molecule has 0 unspecified atom stereocenters. The van der Waals surface area contributed by atoms with E-state index in [0.29, 0.717) is 40.6 Å². The van der Waals surface area contributed by atoms with Gasteiger partial charge in [0.25, 0.3) is 5.91 Å². The molecule has 234 valence electrons. The monoisotopic (exact) mass is 617 g/mol. The first-order chi connectivity index (χ1) is 21.3. The smallest absolute Gasteiger partial charge is 0.338 e. The summed E-state index contributed by atoms with van der Waals surface area (Å²) in [5.41, 5.74) is 1.96. The van der Waals surface area contributed by atoms with Gasteiger partial charge in [-0.3, -0.25) is 14.5 Å². The van der Waals surface area contributed by atoms with Crippen molar-refractivity contribution in [2.24, 2.45) is 23.2 Å². The highest BCUT2D eigenvalue weighted by Gasteiger charge is 2.52. The summed E-state index contributed by atoms with van der Waals surface area (Å²) in [7, 11) is 0. The van der Waals surface area contributed by atoms with Crippen LogP contribution in [0.3, 0.4) is 0 Å². The van der Waals surface area contributed by atoms with Gasteiger partial charge in [0, 0.05) is 12.2 Å². The minimum atomic E-state index is -0.701. The summed E-state index contributed by atoms with van der Waals surface area (Å²) in [4.78, 5) is 43.1. The zero-order chi connectivity index (χ0) is 30.8. The van der Waals surface area contributed by atoms with Crippen LogP contribution in [0.2, 0.25) is 0 Å². The molecule has 0 radical (unpaired) electrons. The Balaban J connectivity index is 1.19. The normalized spacial score (nSPS) is 27.1. The Hall–Kier alpha value is -3.46. The summed E-state index contributed by atoms with van der Waals surface area (Å²) < 4.78 is 10.8. The zero-order valence-corrected chi connectivity index (χ0v) is 26.6. The molecular weight excluding hydrogens is 574 g/mol. The number of carbonyl (C=O) groups is 3. The van der Waals surface area contributed by atoms with Crippen molar-refractivity contribution in [3.05, 3.63) is 54.1 Å². The number of thiocarbonyl (C=S) groups is 1. The molecule has 1 saturated heterocycles. The number of carbonyl (C=O) groups excluding carboxylic acids is 3. The first kappa shape index (κ1) is 30.6. The number of ether oxygens (including phenoxy) is 2. The number of anilines is 2. The lowest BCUT2D eigenvalue weighted by molar-refractivity contribution is -0.124. The van der Waals surface area contributed by atoms with E-state index in [9.17, 15) is 14.4 Å². The maximum absolute atomic E-state index is 14.0. The number of hydrogen-bond donors (Lipinski definition) is 1. The molecule has 2 aromatic rings. The van der Waals surface area contributed by atoms with Gasteiger partial charge in [-0.15, -0.1) is 0 Å². The molecule has 9 heteroatoms. The fourth-order valence-corrected chi connectivity index (χ4v) is 8.90. The van der Waals surface area contributed by atoms with E-state index in [1.165, 1.54) is 43.4 Å². The van der Waals surface area contributed by atoms with Gasteiger partial charge in [0.1, 0.15) is 11.8 Å². The highest BCUT2D eigenvalue weighted by Crippen LogP contribution is 2.61. The second-order valence-electron chi connectivity index (χ2n) is 13.2. The van der Waals surface area contributed by atoms with Gasteiger partial charge in [-0.2, -0.15) is 0 Å². The van der Waals surface area contributed by atoms with E-state index in [1.807, 2.05) is 29.2 Å². The predicted molar refractivity (Wildman–Crippen MR) is 174 cm³/mol. The molecule has 5 fully saturated rings. The highest BCUT2D eigenvalue weighted by atomic mass is 32.1. The third-order valence-corrected chi connectivity index (χ3v) is 10.4. The van der Waals surface area contributed by atoms with Gasteiger partial charge in [0.2, 0.25) is 5.91 Å². The summed E-state index contributed by atoms with van der Waals surface area (Å²) in [5, 5.41) is 3.37. The molecule has 7 rings (SSSR count). The Morgan fingerprint density at radius 2 is 1.59 bits per heavy atom. The van der Waals surface area contributed by atoms with Crippen LogP contribution >= 0.6 is 12.2 Å². The lowest BCUT2D eigenvalue weighted by Crippen LogP contribution is -2.48. The molecular formula is C35H43N3O5S. The quantitative estimate of drug-likeness (QED) is 0.212. The average Bonchev–Trinajstić information content (AvgIpc) is 3.23. The lowest BCUT2D eigenvalue weighted by Gasteiger charge is -2.57. The molecule has 2 amide bonds. The van der Waals surface area contributed by atoms with Crippen LogP contribution in [0.25, 0.3) is 0 Å². The minimum absolute atomic E-state index is 0.00859. The second-order valence-corrected chi connectivity index (χ2v) is 13.6. The fraction of sp³-hybridized carbons (Fsp3) is 0.543. The number of rotatable bonds is 12. The maximum Gasteiger partial charge on any atom is 0.338 e. The number of esters is 1. The van der Waals surface area contributed by atoms with Crippen molar-refractivity contribution < 1.29 is 23.9 Å². The Bertz CT molecular complexity index is 1360. The Morgan fingerprint density at radius 3 is 2.18 bits per heavy atom. The van der Waals surface area contributed by atoms with Crippen LogP contribution in [0.15, 0.2) is 48.5 Å². The molecule has 4 bridgehead atoms. The molecule has 0 aromatic heterocycles. The standard InChI is InChI=1S/C35H43N3O5S/c1-3-15-43-29-11-7-27(8-12-29)36-31(39)19-30-32(40)38(28-9-5-26(6-10-28)33(41)42-4-2)34(44)37(30)14-13-35-20-23-16-24(21-35)18-25(17-23)22-35/h5-12,23-25,30H,3-4,13-22H2,1-2H3,(H,36,39)/t23?,24?,25?,30-,35?/m1/s1. The highest BCUT2D eigenvalue weighted by molar-refractivity contribution is 7.80. The Kier molecular flexibility index (Phi) is 8.94. The van der Waals surface area contributed by atoms with Gasteiger partial charge in [-0.05, 0) is 142 Å². The van der Waals surface area contributed by atoms with Crippen LogP contribution in [-0.4, -0.2) is 53.6 Å². The van der Waals surface area contributed by atoms with Gasteiger partial charge >= 0.3 is 5.97 Å². The molecule has 1 N–H and O–H groups in total. The number of amides is 2. The molecule has 1 heterocycles. The molecule has 4 saturated carbocycles. The van der Waals surface area contributed by atoms with E-state index >= 15 is 0 Å². The van der Waals surface area contributed by atoms with Crippen molar-refractivity contribution in [2.45, 2.75) is 77.7 Å². The van der Waals surface area contributed by atoms with E-state index in [2.05, 4.69) is 12.2 Å². The van der Waals surface area contributed by atoms with Gasteiger partial charge in [0.05, 0.1) is 30.9 Å². The van der Waals surface area contributed by atoms with Crippen molar-refractivity contribution in [1.29, 1.82) is 0 Å². The number of nitrogens with zero attached hydrogens (tertiary/aromatic N) is 2. The van der Waals surface area contributed by atoms with Crippen LogP contribution < -0.4 is 15.0 Å². The van der Waals surface area contributed by atoms with Crippen molar-refractivity contribution in [3.63, 3.8) is 0 Å². The van der Waals surface area contributed by atoms with E-state index in [4.69, 9.17) is 21.7 Å². The van der Waals surface area contributed by atoms with Crippen LogP contribution in [-0.2, 0) is 14.3 Å². The van der Waals surface area contributed by atoms with Crippen LogP contribution in [0, 0.1) is 23.2 Å². The predicted octanol–water partition coefficient (Wildman–Crippen LogP) is 6.59.